The minimum atomic E-state index is -4.54. The summed E-state index contributed by atoms with van der Waals surface area (Å²) in [5.74, 6) is -0.178. The first-order valence-corrected chi connectivity index (χ1v) is 19.8. The van der Waals surface area contributed by atoms with E-state index in [-0.39, 0.29) is 19.1 Å². The van der Waals surface area contributed by atoms with Crippen molar-refractivity contribution < 1.29 is 32.9 Å². The van der Waals surface area contributed by atoms with Crippen molar-refractivity contribution >= 4 is 13.7 Å². The van der Waals surface area contributed by atoms with E-state index >= 15 is 0 Å². The third-order valence-electron chi connectivity index (χ3n) is 8.35. The van der Waals surface area contributed by atoms with Gasteiger partial charge >= 0.3 is 0 Å². The summed E-state index contributed by atoms with van der Waals surface area (Å²) in [6, 6.07) is -0.788. The average Bonchev–Trinajstić information content (AvgIpc) is 2.95. The van der Waals surface area contributed by atoms with Gasteiger partial charge < -0.3 is 28.8 Å². The van der Waals surface area contributed by atoms with E-state index in [1.807, 2.05) is 21.1 Å². The Morgan fingerprint density at radius 2 is 1.11 bits per heavy atom. The molecule has 0 aliphatic carbocycles. The number of carbonyl (C=O) groups is 1. The molecule has 0 rings (SSSR count). The number of quaternary nitrogens is 1. The van der Waals surface area contributed by atoms with Crippen molar-refractivity contribution in [3.05, 3.63) is 0 Å². The molecule has 8 nitrogen and oxygen atoms in total. The summed E-state index contributed by atoms with van der Waals surface area (Å²) in [6.45, 7) is 4.62. The van der Waals surface area contributed by atoms with E-state index in [2.05, 4.69) is 19.2 Å². The Kier molecular flexibility index (Phi) is 28.4. The molecule has 0 aliphatic heterocycles. The lowest BCUT2D eigenvalue weighted by atomic mass is 10.0. The molecular formula is C35H73N2O6P. The van der Waals surface area contributed by atoms with Crippen LogP contribution in [0.2, 0.25) is 0 Å². The highest BCUT2D eigenvalue weighted by Crippen LogP contribution is 2.38. The number of unbranched alkanes of at least 4 members (excludes halogenated alkanes) is 20. The number of amides is 1. The second-order valence-electron chi connectivity index (χ2n) is 13.9. The number of aliphatic hydroxyl groups excluding tert-OH is 1. The first-order valence-electron chi connectivity index (χ1n) is 18.4. The standard InChI is InChI=1S/C35H73N2O6P/c1-6-8-10-12-13-14-15-16-17-18-19-20-21-22-23-25-26-28-34(38)33(36-35(39)29-27-24-11-9-7-2)32-43-44(40,41)42-31-30-37(3,4)5/h33-34,38H,6-32H2,1-5H3,(H-,36,39,40,41). The molecule has 0 aromatic carbocycles. The van der Waals surface area contributed by atoms with E-state index in [9.17, 15) is 19.4 Å². The number of hydrogen-bond acceptors (Lipinski definition) is 6. The average molecular weight is 649 g/mol. The van der Waals surface area contributed by atoms with Crippen molar-refractivity contribution in [3.8, 4) is 0 Å². The highest BCUT2D eigenvalue weighted by Gasteiger charge is 2.24. The predicted molar refractivity (Wildman–Crippen MR) is 183 cm³/mol. The summed E-state index contributed by atoms with van der Waals surface area (Å²) in [6.07, 6.45) is 27.1. The van der Waals surface area contributed by atoms with Gasteiger partial charge in [0.1, 0.15) is 13.2 Å². The number of hydrogen-bond donors (Lipinski definition) is 2. The Morgan fingerprint density at radius 3 is 1.55 bits per heavy atom. The molecule has 2 N–H and O–H groups in total. The van der Waals surface area contributed by atoms with Crippen molar-refractivity contribution in [2.75, 3.05) is 40.9 Å². The van der Waals surface area contributed by atoms with E-state index in [1.165, 1.54) is 89.9 Å². The summed E-state index contributed by atoms with van der Waals surface area (Å²) >= 11 is 0. The third kappa shape index (κ3) is 30.2. The quantitative estimate of drug-likeness (QED) is 0.0420. The van der Waals surface area contributed by atoms with Crippen LogP contribution in [-0.4, -0.2) is 68.5 Å². The highest BCUT2D eigenvalue weighted by molar-refractivity contribution is 7.45. The Hall–Kier alpha value is -0.500. The number of phosphoric ester groups is 1. The smallest absolute Gasteiger partial charge is 0.268 e. The van der Waals surface area contributed by atoms with Crippen LogP contribution in [0.1, 0.15) is 168 Å². The first kappa shape index (κ1) is 43.5. The SMILES string of the molecule is CCCCCCCCCCCCCCCCCCCC(O)C(COP(=O)([O-])OCC[N+](C)(C)C)NC(=O)CCCCCCC. The van der Waals surface area contributed by atoms with Crippen LogP contribution in [0.25, 0.3) is 0 Å². The minimum Gasteiger partial charge on any atom is -0.756 e. The van der Waals surface area contributed by atoms with Crippen molar-refractivity contribution in [1.82, 2.24) is 5.32 Å². The molecule has 0 saturated carbocycles. The van der Waals surface area contributed by atoms with Gasteiger partial charge in [-0.05, 0) is 12.8 Å². The van der Waals surface area contributed by atoms with Gasteiger partial charge in [-0.3, -0.25) is 9.36 Å². The lowest BCUT2D eigenvalue weighted by molar-refractivity contribution is -0.870. The summed E-state index contributed by atoms with van der Waals surface area (Å²) < 4.78 is 23.0. The number of aliphatic hydroxyl groups is 1. The molecule has 0 aromatic rings. The molecule has 0 aromatic heterocycles. The molecule has 0 radical (unpaired) electrons. The van der Waals surface area contributed by atoms with Gasteiger partial charge in [0.05, 0.1) is 39.9 Å². The molecule has 0 spiro atoms. The summed E-state index contributed by atoms with van der Waals surface area (Å²) in [5, 5.41) is 13.7. The second kappa shape index (κ2) is 28.7. The molecule has 1 amide bonds. The molecule has 0 heterocycles. The minimum absolute atomic E-state index is 0.0148. The summed E-state index contributed by atoms with van der Waals surface area (Å²) in [5.41, 5.74) is 0. The maximum atomic E-state index is 12.6. The molecular weight excluding hydrogens is 575 g/mol. The lowest BCUT2D eigenvalue weighted by Crippen LogP contribution is -2.46. The maximum absolute atomic E-state index is 12.6. The monoisotopic (exact) mass is 649 g/mol. The fourth-order valence-electron chi connectivity index (χ4n) is 5.33. The van der Waals surface area contributed by atoms with Crippen molar-refractivity contribution in [3.63, 3.8) is 0 Å². The largest absolute Gasteiger partial charge is 0.756 e. The highest BCUT2D eigenvalue weighted by atomic mass is 31.2. The van der Waals surface area contributed by atoms with Crippen molar-refractivity contribution in [2.24, 2.45) is 0 Å². The second-order valence-corrected chi connectivity index (χ2v) is 15.4. The zero-order chi connectivity index (χ0) is 32.9. The summed E-state index contributed by atoms with van der Waals surface area (Å²) in [4.78, 5) is 24.9. The van der Waals surface area contributed by atoms with E-state index in [4.69, 9.17) is 9.05 Å². The van der Waals surface area contributed by atoms with Crippen LogP contribution in [0.5, 0.6) is 0 Å². The Labute approximate surface area is 272 Å². The predicted octanol–water partition coefficient (Wildman–Crippen LogP) is 8.44. The zero-order valence-corrected chi connectivity index (χ0v) is 30.5. The van der Waals surface area contributed by atoms with Crippen LogP contribution >= 0.6 is 7.82 Å². The van der Waals surface area contributed by atoms with Crippen LogP contribution in [0, 0.1) is 0 Å². The lowest BCUT2D eigenvalue weighted by Gasteiger charge is -2.30. The van der Waals surface area contributed by atoms with Gasteiger partial charge in [0.2, 0.25) is 5.91 Å². The summed E-state index contributed by atoms with van der Waals surface area (Å²) in [7, 11) is 1.31. The molecule has 44 heavy (non-hydrogen) atoms. The fourth-order valence-corrected chi connectivity index (χ4v) is 6.05. The van der Waals surface area contributed by atoms with Gasteiger partial charge in [-0.1, -0.05) is 149 Å². The number of nitrogens with one attached hydrogen (secondary N) is 1. The number of likely N-dealkylation sites (N-methyl/N-ethyl adjacent to an activating group) is 1. The van der Waals surface area contributed by atoms with Crippen LogP contribution < -0.4 is 10.2 Å². The molecule has 0 aliphatic rings. The Bertz CT molecular complexity index is 703. The molecule has 0 saturated heterocycles. The Morgan fingerprint density at radius 1 is 0.705 bits per heavy atom. The van der Waals surface area contributed by atoms with Gasteiger partial charge in [-0.15, -0.1) is 0 Å². The van der Waals surface area contributed by atoms with Crippen molar-refractivity contribution in [2.45, 2.75) is 180 Å². The number of rotatable bonds is 33. The van der Waals surface area contributed by atoms with Gasteiger partial charge in [-0.2, -0.15) is 0 Å². The van der Waals surface area contributed by atoms with Crippen LogP contribution in [-0.2, 0) is 18.4 Å². The Balaban J connectivity index is 4.26. The van der Waals surface area contributed by atoms with E-state index < -0.39 is 20.0 Å². The molecule has 9 heteroatoms. The molecule has 264 valence electrons. The van der Waals surface area contributed by atoms with Gasteiger partial charge in [0.25, 0.3) is 7.82 Å². The van der Waals surface area contributed by atoms with Gasteiger partial charge in [0, 0.05) is 6.42 Å². The number of phosphoric acid groups is 1. The molecule has 3 atom stereocenters. The fraction of sp³-hybridized carbons (Fsp3) is 0.971. The maximum Gasteiger partial charge on any atom is 0.268 e. The molecule has 0 fully saturated rings. The van der Waals surface area contributed by atoms with Crippen LogP contribution in [0.4, 0.5) is 0 Å². The van der Waals surface area contributed by atoms with Crippen LogP contribution in [0.3, 0.4) is 0 Å². The van der Waals surface area contributed by atoms with E-state index in [0.717, 1.165) is 51.4 Å². The number of carbonyl (C=O) groups excluding carboxylic acids is 1. The molecule has 3 unspecified atom stereocenters. The normalized spacial score (nSPS) is 14.8. The van der Waals surface area contributed by atoms with Gasteiger partial charge in [0.15, 0.2) is 0 Å². The third-order valence-corrected chi connectivity index (χ3v) is 9.31. The van der Waals surface area contributed by atoms with Gasteiger partial charge in [-0.25, -0.2) is 0 Å². The zero-order valence-electron chi connectivity index (χ0n) is 29.6. The number of nitrogens with zero attached hydrogens (tertiary/aromatic N) is 1. The van der Waals surface area contributed by atoms with E-state index in [1.54, 1.807) is 0 Å². The van der Waals surface area contributed by atoms with Crippen molar-refractivity contribution in [1.29, 1.82) is 0 Å². The van der Waals surface area contributed by atoms with Crippen LogP contribution in [0.15, 0.2) is 0 Å². The first-order chi connectivity index (χ1) is 21.0. The topological polar surface area (TPSA) is 108 Å². The van der Waals surface area contributed by atoms with E-state index in [0.29, 0.717) is 23.9 Å². The molecule has 0 bridgehead atoms.